The van der Waals surface area contributed by atoms with Crippen molar-refractivity contribution in [1.29, 1.82) is 0 Å². The molecular weight excluding hydrogens is 366 g/mol. The zero-order valence-corrected chi connectivity index (χ0v) is 16.3. The summed E-state index contributed by atoms with van der Waals surface area (Å²) >= 11 is 0. The Morgan fingerprint density at radius 3 is 2.34 bits per heavy atom. The van der Waals surface area contributed by atoms with Crippen LogP contribution in [0.5, 0.6) is 0 Å². The normalized spacial score (nSPS) is 18.3. The Morgan fingerprint density at radius 1 is 1.03 bits per heavy atom. The summed E-state index contributed by atoms with van der Waals surface area (Å²) in [6.45, 7) is 1.39. The maximum absolute atomic E-state index is 13.1. The predicted octanol–water partition coefficient (Wildman–Crippen LogP) is 1.50. The van der Waals surface area contributed by atoms with Gasteiger partial charge in [-0.25, -0.2) is 0 Å². The quantitative estimate of drug-likeness (QED) is 0.488. The van der Waals surface area contributed by atoms with Gasteiger partial charge in [0.1, 0.15) is 6.04 Å². The second-order valence-electron chi connectivity index (χ2n) is 7.16. The maximum Gasteiger partial charge on any atom is 0.254 e. The van der Waals surface area contributed by atoms with Crippen LogP contribution in [0.25, 0.3) is 0 Å². The molecule has 1 aliphatic rings. The van der Waals surface area contributed by atoms with Crippen LogP contribution in [0.2, 0.25) is 0 Å². The molecule has 1 saturated heterocycles. The smallest absolute Gasteiger partial charge is 0.254 e. The summed E-state index contributed by atoms with van der Waals surface area (Å²) in [6, 6.07) is 18.2. The Bertz CT molecular complexity index is 850. The van der Waals surface area contributed by atoms with E-state index in [0.717, 1.165) is 12.0 Å². The minimum absolute atomic E-state index is 0.00142. The van der Waals surface area contributed by atoms with Crippen molar-refractivity contribution in [3.63, 3.8) is 0 Å². The Morgan fingerprint density at radius 2 is 1.69 bits per heavy atom. The number of rotatable bonds is 7. The first-order chi connectivity index (χ1) is 14.1. The van der Waals surface area contributed by atoms with Crippen molar-refractivity contribution in [2.24, 2.45) is 22.4 Å². The molecule has 1 fully saturated rings. The number of nitrogens with one attached hydrogen (secondary N) is 1. The first-order valence-corrected chi connectivity index (χ1v) is 9.79. The van der Waals surface area contributed by atoms with E-state index >= 15 is 0 Å². The molecule has 0 saturated carbocycles. The van der Waals surface area contributed by atoms with E-state index in [2.05, 4.69) is 10.3 Å². The summed E-state index contributed by atoms with van der Waals surface area (Å²) < 4.78 is 0. The lowest BCUT2D eigenvalue weighted by atomic mass is 9.95. The fraction of sp³-hybridized carbons (Fsp3) is 0.318. The van der Waals surface area contributed by atoms with Crippen molar-refractivity contribution in [3.8, 4) is 0 Å². The summed E-state index contributed by atoms with van der Waals surface area (Å²) in [6.07, 6.45) is 1.38. The second kappa shape index (κ2) is 9.73. The molecule has 2 aromatic rings. The summed E-state index contributed by atoms with van der Waals surface area (Å²) in [7, 11) is 0. The molecule has 1 aliphatic heterocycles. The number of hydrogen-bond donors (Lipinski definition) is 3. The summed E-state index contributed by atoms with van der Waals surface area (Å²) in [5.41, 5.74) is 12.4. The number of nitrogens with zero attached hydrogens (tertiary/aromatic N) is 2. The number of likely N-dealkylation sites (tertiary alicyclic amines) is 1. The van der Waals surface area contributed by atoms with E-state index in [0.29, 0.717) is 31.6 Å². The molecule has 1 heterocycles. The molecule has 0 aromatic heterocycles. The van der Waals surface area contributed by atoms with Gasteiger partial charge < -0.3 is 21.7 Å². The number of hydrogen-bond acceptors (Lipinski definition) is 3. The van der Waals surface area contributed by atoms with E-state index in [1.165, 1.54) is 0 Å². The van der Waals surface area contributed by atoms with Crippen LogP contribution in [-0.2, 0) is 11.3 Å². The molecule has 152 valence electrons. The molecule has 3 rings (SSSR count). The van der Waals surface area contributed by atoms with Crippen molar-refractivity contribution in [3.05, 3.63) is 71.8 Å². The average Bonchev–Trinajstić information content (AvgIpc) is 3.16. The minimum atomic E-state index is -0.541. The fourth-order valence-electron chi connectivity index (χ4n) is 3.74. The number of aliphatic imine (C=N–C) groups is 1. The molecule has 0 aliphatic carbocycles. The SMILES string of the molecule is NC(N)=NCC[C@@H]1CCN(C(=O)c2ccccc2)[C@@H]1C(=O)NCc1ccccc1. The van der Waals surface area contributed by atoms with Crippen molar-refractivity contribution in [2.45, 2.75) is 25.4 Å². The monoisotopic (exact) mass is 393 g/mol. The van der Waals surface area contributed by atoms with E-state index in [-0.39, 0.29) is 23.7 Å². The molecular formula is C22H27N5O2. The second-order valence-corrected chi connectivity index (χ2v) is 7.16. The number of carbonyl (C=O) groups excluding carboxylic acids is 2. The molecule has 0 bridgehead atoms. The first-order valence-electron chi connectivity index (χ1n) is 9.79. The third-order valence-corrected chi connectivity index (χ3v) is 5.18. The van der Waals surface area contributed by atoms with Gasteiger partial charge in [-0.1, -0.05) is 48.5 Å². The van der Waals surface area contributed by atoms with Gasteiger partial charge in [0.15, 0.2) is 5.96 Å². The Labute approximate surface area is 170 Å². The highest BCUT2D eigenvalue weighted by Crippen LogP contribution is 2.29. The zero-order chi connectivity index (χ0) is 20.6. The fourth-order valence-corrected chi connectivity index (χ4v) is 3.74. The van der Waals surface area contributed by atoms with Crippen LogP contribution in [0.3, 0.4) is 0 Å². The number of nitrogens with two attached hydrogens (primary N) is 2. The van der Waals surface area contributed by atoms with E-state index < -0.39 is 6.04 Å². The Hall–Kier alpha value is -3.35. The summed E-state index contributed by atoms with van der Waals surface area (Å²) in [5, 5.41) is 2.99. The van der Waals surface area contributed by atoms with Crippen molar-refractivity contribution in [2.75, 3.05) is 13.1 Å². The van der Waals surface area contributed by atoms with Crippen LogP contribution in [-0.4, -0.2) is 41.8 Å². The van der Waals surface area contributed by atoms with Crippen molar-refractivity contribution < 1.29 is 9.59 Å². The third kappa shape index (κ3) is 5.34. The molecule has 5 N–H and O–H groups in total. The van der Waals surface area contributed by atoms with Crippen molar-refractivity contribution >= 4 is 17.8 Å². The minimum Gasteiger partial charge on any atom is -0.370 e. The molecule has 2 aromatic carbocycles. The van der Waals surface area contributed by atoms with Gasteiger partial charge in [-0.15, -0.1) is 0 Å². The molecule has 0 spiro atoms. The molecule has 29 heavy (non-hydrogen) atoms. The molecule has 7 nitrogen and oxygen atoms in total. The number of guanidine groups is 1. The molecule has 2 amide bonds. The van der Waals surface area contributed by atoms with Crippen LogP contribution >= 0.6 is 0 Å². The molecule has 2 atom stereocenters. The van der Waals surface area contributed by atoms with Gasteiger partial charge in [0.25, 0.3) is 5.91 Å². The first kappa shape index (κ1) is 20.4. The van der Waals surface area contributed by atoms with Crippen LogP contribution in [0.15, 0.2) is 65.7 Å². The van der Waals surface area contributed by atoms with E-state index in [9.17, 15) is 9.59 Å². The molecule has 7 heteroatoms. The lowest BCUT2D eigenvalue weighted by Gasteiger charge is -2.27. The number of benzene rings is 2. The van der Waals surface area contributed by atoms with Gasteiger partial charge in [-0.3, -0.25) is 14.6 Å². The lowest BCUT2D eigenvalue weighted by Crippen LogP contribution is -2.48. The van der Waals surface area contributed by atoms with Crippen LogP contribution in [0.1, 0.15) is 28.8 Å². The highest BCUT2D eigenvalue weighted by molar-refractivity contribution is 5.98. The predicted molar refractivity (Wildman–Crippen MR) is 113 cm³/mol. The Balaban J connectivity index is 1.74. The zero-order valence-electron chi connectivity index (χ0n) is 16.3. The topological polar surface area (TPSA) is 114 Å². The van der Waals surface area contributed by atoms with Gasteiger partial charge in [0.2, 0.25) is 5.91 Å². The van der Waals surface area contributed by atoms with Gasteiger partial charge in [0, 0.05) is 25.2 Å². The highest BCUT2D eigenvalue weighted by atomic mass is 16.2. The van der Waals surface area contributed by atoms with Crippen molar-refractivity contribution in [1.82, 2.24) is 10.2 Å². The number of carbonyl (C=O) groups is 2. The third-order valence-electron chi connectivity index (χ3n) is 5.18. The summed E-state index contributed by atoms with van der Waals surface area (Å²) in [4.78, 5) is 31.8. The van der Waals surface area contributed by atoms with E-state index in [4.69, 9.17) is 11.5 Å². The average molecular weight is 393 g/mol. The maximum atomic E-state index is 13.1. The van der Waals surface area contributed by atoms with Gasteiger partial charge >= 0.3 is 0 Å². The van der Waals surface area contributed by atoms with Gasteiger partial charge in [0.05, 0.1) is 0 Å². The van der Waals surface area contributed by atoms with Crippen LogP contribution in [0, 0.1) is 5.92 Å². The van der Waals surface area contributed by atoms with E-state index in [1.807, 2.05) is 48.5 Å². The van der Waals surface area contributed by atoms with Gasteiger partial charge in [-0.2, -0.15) is 0 Å². The summed E-state index contributed by atoms with van der Waals surface area (Å²) in [5.74, 6) is -0.244. The number of amides is 2. The standard InChI is InChI=1S/C22H27N5O2/c23-22(24)25-13-11-17-12-14-27(21(29)18-9-5-2-6-10-18)19(17)20(28)26-15-16-7-3-1-4-8-16/h1-10,17,19H,11-15H2,(H,26,28)(H4,23,24,25)/t17-,19+/m1/s1. The molecule has 0 radical (unpaired) electrons. The lowest BCUT2D eigenvalue weighted by molar-refractivity contribution is -0.126. The molecule has 0 unspecified atom stereocenters. The highest BCUT2D eigenvalue weighted by Gasteiger charge is 2.41. The largest absolute Gasteiger partial charge is 0.370 e. The van der Waals surface area contributed by atoms with Crippen LogP contribution in [0.4, 0.5) is 0 Å². The van der Waals surface area contributed by atoms with Crippen LogP contribution < -0.4 is 16.8 Å². The van der Waals surface area contributed by atoms with E-state index in [1.54, 1.807) is 17.0 Å². The Kier molecular flexibility index (Phi) is 6.84. The van der Waals surface area contributed by atoms with Gasteiger partial charge in [-0.05, 0) is 36.5 Å².